The quantitative estimate of drug-likeness (QED) is 0.638. The summed E-state index contributed by atoms with van der Waals surface area (Å²) in [7, 11) is 0. The fraction of sp³-hybridized carbons (Fsp3) is 0.438. The number of hydrogen-bond acceptors (Lipinski definition) is 6. The molecule has 9 nitrogen and oxygen atoms in total. The van der Waals surface area contributed by atoms with Crippen molar-refractivity contribution in [2.24, 2.45) is 5.92 Å². The Morgan fingerprint density at radius 2 is 2.24 bits per heavy atom. The minimum Gasteiger partial charge on any atom is -0.368 e. The van der Waals surface area contributed by atoms with Crippen molar-refractivity contribution in [1.82, 2.24) is 30.2 Å². The van der Waals surface area contributed by atoms with Crippen LogP contribution in [0, 0.1) is 12.8 Å². The van der Waals surface area contributed by atoms with Crippen LogP contribution in [0.1, 0.15) is 18.7 Å². The van der Waals surface area contributed by atoms with E-state index >= 15 is 0 Å². The molecule has 0 radical (unpaired) electrons. The number of aryl methyl sites for hydroxylation is 1. The van der Waals surface area contributed by atoms with Gasteiger partial charge in [-0.3, -0.25) is 14.2 Å². The number of rotatable bonds is 6. The molecule has 0 bridgehead atoms. The zero-order valence-corrected chi connectivity index (χ0v) is 14.0. The van der Waals surface area contributed by atoms with Gasteiger partial charge >= 0.3 is 0 Å². The van der Waals surface area contributed by atoms with Crippen LogP contribution in [0.25, 0.3) is 5.82 Å². The third-order valence-electron chi connectivity index (χ3n) is 4.09. The number of anilines is 1. The highest BCUT2D eigenvalue weighted by Gasteiger charge is 2.23. The Morgan fingerprint density at radius 3 is 2.96 bits per heavy atom. The summed E-state index contributed by atoms with van der Waals surface area (Å²) in [6, 6.07) is 1.83. The van der Waals surface area contributed by atoms with Crippen molar-refractivity contribution in [3.05, 3.63) is 30.6 Å². The Bertz CT molecular complexity index is 748. The lowest BCUT2D eigenvalue weighted by Gasteiger charge is -2.21. The van der Waals surface area contributed by atoms with Gasteiger partial charge in [-0.25, -0.2) is 15.0 Å². The maximum Gasteiger partial charge on any atom is 0.224 e. The second-order valence-electron chi connectivity index (χ2n) is 5.86. The maximum atomic E-state index is 12.0. The number of amides is 2. The van der Waals surface area contributed by atoms with E-state index in [1.54, 1.807) is 6.20 Å². The van der Waals surface area contributed by atoms with Gasteiger partial charge in [0.15, 0.2) is 0 Å². The topological polar surface area (TPSA) is 114 Å². The molecule has 0 unspecified atom stereocenters. The number of carbonyl (C=O) groups is 2. The molecule has 1 aliphatic rings. The molecule has 1 saturated heterocycles. The maximum absolute atomic E-state index is 12.0. The summed E-state index contributed by atoms with van der Waals surface area (Å²) in [5.41, 5.74) is 0. The Morgan fingerprint density at radius 1 is 1.36 bits per heavy atom. The second kappa shape index (κ2) is 7.73. The summed E-state index contributed by atoms with van der Waals surface area (Å²) in [5.74, 6) is 2.09. The van der Waals surface area contributed by atoms with E-state index in [-0.39, 0.29) is 17.7 Å². The lowest BCUT2D eigenvalue weighted by molar-refractivity contribution is -0.128. The standard InChI is InChI=1S/C16H21N7O2/c1-11-17-6-7-23(11)14-8-13(21-10-22-14)18-4-5-19-16(25)12-2-3-15(24)20-9-12/h6-8,10,12H,2-5,9H2,1H3,(H,19,25)(H,20,24)(H,18,21,22)/t12-/m0/s1. The van der Waals surface area contributed by atoms with Crippen molar-refractivity contribution < 1.29 is 9.59 Å². The van der Waals surface area contributed by atoms with Gasteiger partial charge in [0, 0.05) is 44.5 Å². The number of hydrogen-bond donors (Lipinski definition) is 3. The van der Waals surface area contributed by atoms with Crippen molar-refractivity contribution in [2.45, 2.75) is 19.8 Å². The number of nitrogens with zero attached hydrogens (tertiary/aromatic N) is 4. The van der Waals surface area contributed by atoms with Crippen LogP contribution in [0.2, 0.25) is 0 Å². The molecule has 0 spiro atoms. The summed E-state index contributed by atoms with van der Waals surface area (Å²) < 4.78 is 1.87. The molecule has 3 rings (SSSR count). The molecule has 1 atom stereocenters. The van der Waals surface area contributed by atoms with Gasteiger partial charge in [-0.2, -0.15) is 0 Å². The van der Waals surface area contributed by atoms with Gasteiger partial charge in [0.1, 0.15) is 23.8 Å². The molecule has 3 heterocycles. The van der Waals surface area contributed by atoms with Gasteiger partial charge < -0.3 is 16.0 Å². The average Bonchev–Trinajstić information content (AvgIpc) is 3.05. The smallest absolute Gasteiger partial charge is 0.224 e. The van der Waals surface area contributed by atoms with Crippen molar-refractivity contribution in [2.75, 3.05) is 25.0 Å². The van der Waals surface area contributed by atoms with Gasteiger partial charge in [0.05, 0.1) is 5.92 Å². The van der Waals surface area contributed by atoms with Gasteiger partial charge in [-0.1, -0.05) is 0 Å². The summed E-state index contributed by atoms with van der Waals surface area (Å²) in [4.78, 5) is 35.7. The highest BCUT2D eigenvalue weighted by molar-refractivity contribution is 5.83. The molecule has 3 N–H and O–H groups in total. The Hall–Kier alpha value is -2.97. The van der Waals surface area contributed by atoms with Gasteiger partial charge in [-0.05, 0) is 13.3 Å². The van der Waals surface area contributed by atoms with Gasteiger partial charge in [-0.15, -0.1) is 0 Å². The van der Waals surface area contributed by atoms with Crippen LogP contribution in [0.3, 0.4) is 0 Å². The number of aromatic nitrogens is 4. The molecule has 1 aliphatic heterocycles. The summed E-state index contributed by atoms with van der Waals surface area (Å²) in [5, 5.41) is 8.75. The fourth-order valence-electron chi connectivity index (χ4n) is 2.67. The van der Waals surface area contributed by atoms with Crippen molar-refractivity contribution >= 4 is 17.6 Å². The Balaban J connectivity index is 1.45. The highest BCUT2D eigenvalue weighted by atomic mass is 16.2. The van der Waals surface area contributed by atoms with E-state index < -0.39 is 0 Å². The zero-order chi connectivity index (χ0) is 17.6. The van der Waals surface area contributed by atoms with E-state index in [0.29, 0.717) is 38.3 Å². The molecule has 0 aliphatic carbocycles. The summed E-state index contributed by atoms with van der Waals surface area (Å²) in [6.07, 6.45) is 6.05. The number of piperidine rings is 1. The molecule has 25 heavy (non-hydrogen) atoms. The van der Waals surface area contributed by atoms with Crippen molar-refractivity contribution in [3.8, 4) is 5.82 Å². The Labute approximate surface area is 145 Å². The molecule has 0 aromatic carbocycles. The number of imidazole rings is 1. The SMILES string of the molecule is Cc1nccn1-c1cc(NCCNC(=O)[C@H]2CCC(=O)NC2)ncn1. The molecule has 0 saturated carbocycles. The number of nitrogens with one attached hydrogen (secondary N) is 3. The van der Waals surface area contributed by atoms with Crippen LogP contribution in [-0.4, -0.2) is 51.0 Å². The Kier molecular flexibility index (Phi) is 5.22. The zero-order valence-electron chi connectivity index (χ0n) is 14.0. The van der Waals surface area contributed by atoms with Gasteiger partial charge in [0.2, 0.25) is 11.8 Å². The predicted octanol–water partition coefficient (Wildman–Crippen LogP) is 0.0250. The first-order valence-corrected chi connectivity index (χ1v) is 8.24. The second-order valence-corrected chi connectivity index (χ2v) is 5.86. The van der Waals surface area contributed by atoms with Crippen LogP contribution < -0.4 is 16.0 Å². The lowest BCUT2D eigenvalue weighted by Crippen LogP contribution is -2.43. The van der Waals surface area contributed by atoms with E-state index in [4.69, 9.17) is 0 Å². The largest absolute Gasteiger partial charge is 0.368 e. The van der Waals surface area contributed by atoms with Crippen LogP contribution in [0.5, 0.6) is 0 Å². The van der Waals surface area contributed by atoms with Crippen LogP contribution in [0.15, 0.2) is 24.8 Å². The minimum absolute atomic E-state index is 0.0124. The minimum atomic E-state index is -0.146. The molecule has 1 fully saturated rings. The molecular formula is C16H21N7O2. The first kappa shape index (κ1) is 16.9. The molecule has 2 amide bonds. The molecular weight excluding hydrogens is 322 g/mol. The molecule has 9 heteroatoms. The third kappa shape index (κ3) is 4.31. The molecule has 132 valence electrons. The van der Waals surface area contributed by atoms with E-state index in [1.165, 1.54) is 6.33 Å². The lowest BCUT2D eigenvalue weighted by atomic mass is 9.98. The summed E-state index contributed by atoms with van der Waals surface area (Å²) >= 11 is 0. The van der Waals surface area contributed by atoms with Crippen LogP contribution in [0.4, 0.5) is 5.82 Å². The number of carbonyl (C=O) groups excluding carboxylic acids is 2. The normalized spacial score (nSPS) is 17.0. The highest BCUT2D eigenvalue weighted by Crippen LogP contribution is 2.11. The molecule has 2 aromatic rings. The van der Waals surface area contributed by atoms with Crippen LogP contribution in [-0.2, 0) is 9.59 Å². The van der Waals surface area contributed by atoms with E-state index in [1.807, 2.05) is 23.8 Å². The average molecular weight is 343 g/mol. The third-order valence-corrected chi connectivity index (χ3v) is 4.09. The van der Waals surface area contributed by atoms with Gasteiger partial charge in [0.25, 0.3) is 0 Å². The van der Waals surface area contributed by atoms with Crippen LogP contribution >= 0.6 is 0 Å². The molecule has 2 aromatic heterocycles. The van der Waals surface area contributed by atoms with Crippen molar-refractivity contribution in [3.63, 3.8) is 0 Å². The van der Waals surface area contributed by atoms with E-state index in [9.17, 15) is 9.59 Å². The van der Waals surface area contributed by atoms with Crippen molar-refractivity contribution in [1.29, 1.82) is 0 Å². The monoisotopic (exact) mass is 343 g/mol. The summed E-state index contributed by atoms with van der Waals surface area (Å²) in [6.45, 7) is 3.34. The van der Waals surface area contributed by atoms with E-state index in [2.05, 4.69) is 30.9 Å². The fourth-order valence-corrected chi connectivity index (χ4v) is 2.67. The predicted molar refractivity (Wildman–Crippen MR) is 91.1 cm³/mol. The first-order chi connectivity index (χ1) is 12.1. The first-order valence-electron chi connectivity index (χ1n) is 8.24. The van der Waals surface area contributed by atoms with E-state index in [0.717, 1.165) is 11.6 Å².